The second kappa shape index (κ2) is 7.48. The van der Waals surface area contributed by atoms with E-state index in [1.807, 2.05) is 0 Å². The topological polar surface area (TPSA) is 102 Å². The van der Waals surface area contributed by atoms with Gasteiger partial charge in [0.05, 0.1) is 11.1 Å². The molecule has 0 atom stereocenters. The van der Waals surface area contributed by atoms with Gasteiger partial charge in [-0.25, -0.2) is 4.98 Å². The summed E-state index contributed by atoms with van der Waals surface area (Å²) in [6.45, 7) is 2.48. The molecule has 29 heavy (non-hydrogen) atoms. The number of hydrogen-bond acceptors (Lipinski definition) is 6. The maximum absolute atomic E-state index is 12.7. The molecule has 2 heterocycles. The van der Waals surface area contributed by atoms with Crippen LogP contribution in [0.1, 0.15) is 43.4 Å². The van der Waals surface area contributed by atoms with E-state index in [1.54, 1.807) is 32.2 Å². The number of methoxy groups -OCH3 is 1. The number of anilines is 1. The van der Waals surface area contributed by atoms with Gasteiger partial charge in [-0.05, 0) is 42.8 Å². The molecule has 3 amide bonds. The number of rotatable bonds is 6. The van der Waals surface area contributed by atoms with Crippen molar-refractivity contribution in [1.29, 1.82) is 0 Å². The Kier molecular flexibility index (Phi) is 4.85. The number of nitrogens with one attached hydrogen (secondary N) is 1. The lowest BCUT2D eigenvalue weighted by Crippen LogP contribution is -2.31. The van der Waals surface area contributed by atoms with Gasteiger partial charge in [-0.15, -0.1) is 0 Å². The Balaban J connectivity index is 1.53. The van der Waals surface area contributed by atoms with Crippen molar-refractivity contribution in [2.75, 3.05) is 25.6 Å². The number of amides is 3. The predicted molar refractivity (Wildman–Crippen MR) is 105 cm³/mol. The second-order valence-electron chi connectivity index (χ2n) is 6.74. The van der Waals surface area contributed by atoms with Crippen LogP contribution in [0.25, 0.3) is 11.1 Å². The van der Waals surface area contributed by atoms with Crippen LogP contribution in [-0.4, -0.2) is 47.9 Å². The fourth-order valence-electron chi connectivity index (χ4n) is 3.33. The molecule has 0 aliphatic carbocycles. The molecule has 0 saturated carbocycles. The molecule has 1 aromatic heterocycles. The van der Waals surface area contributed by atoms with Crippen LogP contribution in [0.3, 0.4) is 0 Å². The number of aryl methyl sites for hydroxylation is 1. The fourth-order valence-corrected chi connectivity index (χ4v) is 3.33. The van der Waals surface area contributed by atoms with E-state index in [0.29, 0.717) is 46.8 Å². The summed E-state index contributed by atoms with van der Waals surface area (Å²) in [5.74, 6) is -0.582. The number of oxazole rings is 1. The van der Waals surface area contributed by atoms with Crippen molar-refractivity contribution in [3.63, 3.8) is 0 Å². The van der Waals surface area contributed by atoms with Gasteiger partial charge in [0.15, 0.2) is 11.5 Å². The molecular weight excluding hydrogens is 374 g/mol. The van der Waals surface area contributed by atoms with Crippen LogP contribution in [0, 0.1) is 6.92 Å². The van der Waals surface area contributed by atoms with Gasteiger partial charge in [0.25, 0.3) is 17.7 Å². The van der Waals surface area contributed by atoms with Crippen molar-refractivity contribution in [1.82, 2.24) is 9.88 Å². The van der Waals surface area contributed by atoms with Crippen LogP contribution in [0.5, 0.6) is 0 Å². The number of carbonyl (C=O) groups excluding carboxylic acids is 3. The summed E-state index contributed by atoms with van der Waals surface area (Å²) >= 11 is 0. The van der Waals surface area contributed by atoms with Crippen molar-refractivity contribution in [3.8, 4) is 0 Å². The monoisotopic (exact) mass is 393 g/mol. The molecule has 0 radical (unpaired) electrons. The van der Waals surface area contributed by atoms with Crippen LogP contribution >= 0.6 is 0 Å². The molecule has 1 aliphatic rings. The summed E-state index contributed by atoms with van der Waals surface area (Å²) < 4.78 is 10.4. The van der Waals surface area contributed by atoms with Crippen LogP contribution < -0.4 is 5.32 Å². The molecule has 0 bridgehead atoms. The first-order valence-electron chi connectivity index (χ1n) is 9.15. The largest absolute Gasteiger partial charge is 0.441 e. The molecule has 0 spiro atoms. The molecule has 0 unspecified atom stereocenters. The fraction of sp³-hybridized carbons (Fsp3) is 0.238. The maximum atomic E-state index is 12.7. The van der Waals surface area contributed by atoms with Gasteiger partial charge in [0.2, 0.25) is 0 Å². The number of aromatic nitrogens is 1. The predicted octanol–water partition coefficient (Wildman–Crippen LogP) is 3.02. The Labute approximate surface area is 166 Å². The third-order valence-electron chi connectivity index (χ3n) is 4.72. The average Bonchev–Trinajstić information content (AvgIpc) is 3.19. The zero-order valence-electron chi connectivity index (χ0n) is 16.0. The van der Waals surface area contributed by atoms with Crippen molar-refractivity contribution in [2.45, 2.75) is 13.3 Å². The molecule has 3 aromatic rings. The van der Waals surface area contributed by atoms with E-state index in [2.05, 4.69) is 10.3 Å². The van der Waals surface area contributed by atoms with Crippen molar-refractivity contribution >= 4 is 34.5 Å². The normalized spacial score (nSPS) is 13.2. The number of carbonyl (C=O) groups is 3. The first-order chi connectivity index (χ1) is 14.0. The minimum atomic E-state index is -0.393. The molecular formula is C21H19N3O5. The van der Waals surface area contributed by atoms with E-state index < -0.39 is 5.91 Å². The van der Waals surface area contributed by atoms with Gasteiger partial charge in [0.1, 0.15) is 5.52 Å². The summed E-state index contributed by atoms with van der Waals surface area (Å²) in [4.78, 5) is 43.1. The Hall–Kier alpha value is -3.52. The number of hydrogen-bond donors (Lipinski definition) is 1. The first kappa shape index (κ1) is 18.8. The number of nitrogens with zero attached hydrogens (tertiary/aromatic N) is 2. The summed E-state index contributed by atoms with van der Waals surface area (Å²) in [5.41, 5.74) is 2.67. The maximum Gasteiger partial charge on any atom is 0.261 e. The number of fused-ring (bicyclic) bond motifs is 2. The molecule has 8 heteroatoms. The molecule has 0 fully saturated rings. The zero-order chi connectivity index (χ0) is 20.5. The first-order valence-corrected chi connectivity index (χ1v) is 9.15. The lowest BCUT2D eigenvalue weighted by atomic mass is 10.1. The van der Waals surface area contributed by atoms with E-state index in [1.165, 1.54) is 23.1 Å². The Bertz CT molecular complexity index is 1130. The number of imide groups is 1. The van der Waals surface area contributed by atoms with Crippen molar-refractivity contribution in [3.05, 3.63) is 59.0 Å². The molecule has 1 N–H and O–H groups in total. The molecule has 8 nitrogen and oxygen atoms in total. The van der Waals surface area contributed by atoms with Crippen LogP contribution in [-0.2, 0) is 4.74 Å². The summed E-state index contributed by atoms with van der Waals surface area (Å²) in [5, 5.41) is 2.78. The Morgan fingerprint density at radius 2 is 1.93 bits per heavy atom. The smallest absolute Gasteiger partial charge is 0.261 e. The molecule has 2 aromatic carbocycles. The van der Waals surface area contributed by atoms with Crippen LogP contribution in [0.15, 0.2) is 40.8 Å². The van der Waals surface area contributed by atoms with Gasteiger partial charge in [-0.2, -0.15) is 0 Å². The Morgan fingerprint density at radius 3 is 2.72 bits per heavy atom. The second-order valence-corrected chi connectivity index (χ2v) is 6.74. The lowest BCUT2D eigenvalue weighted by molar-refractivity contribution is 0.0638. The Morgan fingerprint density at radius 1 is 1.14 bits per heavy atom. The van der Waals surface area contributed by atoms with Crippen LogP contribution in [0.2, 0.25) is 0 Å². The highest BCUT2D eigenvalue weighted by atomic mass is 16.5. The summed E-state index contributed by atoms with van der Waals surface area (Å²) in [7, 11) is 1.56. The minimum Gasteiger partial charge on any atom is -0.441 e. The third-order valence-corrected chi connectivity index (χ3v) is 4.72. The van der Waals surface area contributed by atoms with Gasteiger partial charge >= 0.3 is 0 Å². The van der Waals surface area contributed by atoms with Gasteiger partial charge in [0, 0.05) is 38.4 Å². The minimum absolute atomic E-state index is 0.239. The SMILES string of the molecule is COCCCN1C(=O)c2ccc(C(=O)Nc3ccc4oc(C)nc4c3)cc2C1=O. The van der Waals surface area contributed by atoms with Gasteiger partial charge in [-0.3, -0.25) is 19.3 Å². The lowest BCUT2D eigenvalue weighted by Gasteiger charge is -2.12. The standard InChI is InChI=1S/C21H19N3O5/c1-12-22-17-11-14(5-7-18(17)29-12)23-19(25)13-4-6-15-16(10-13)21(27)24(20(15)26)8-3-9-28-2/h4-7,10-11H,3,8-9H2,1-2H3,(H,23,25). The van der Waals surface area contributed by atoms with Crippen LogP contribution in [0.4, 0.5) is 5.69 Å². The summed E-state index contributed by atoms with van der Waals surface area (Å²) in [6.07, 6.45) is 0.555. The molecule has 148 valence electrons. The van der Waals surface area contributed by atoms with Crippen molar-refractivity contribution in [2.24, 2.45) is 0 Å². The quantitative estimate of drug-likeness (QED) is 0.510. The van der Waals surface area contributed by atoms with Gasteiger partial charge in [-0.1, -0.05) is 0 Å². The van der Waals surface area contributed by atoms with E-state index >= 15 is 0 Å². The third kappa shape index (κ3) is 3.50. The highest BCUT2D eigenvalue weighted by Crippen LogP contribution is 2.25. The molecule has 0 saturated heterocycles. The van der Waals surface area contributed by atoms with E-state index in [-0.39, 0.29) is 23.9 Å². The highest BCUT2D eigenvalue weighted by molar-refractivity contribution is 6.22. The number of ether oxygens (including phenoxy) is 1. The zero-order valence-corrected chi connectivity index (χ0v) is 16.0. The van der Waals surface area contributed by atoms with E-state index in [9.17, 15) is 14.4 Å². The van der Waals surface area contributed by atoms with E-state index in [4.69, 9.17) is 9.15 Å². The number of benzene rings is 2. The average molecular weight is 393 g/mol. The molecule has 1 aliphatic heterocycles. The van der Waals surface area contributed by atoms with Crippen molar-refractivity contribution < 1.29 is 23.5 Å². The van der Waals surface area contributed by atoms with E-state index in [0.717, 1.165) is 0 Å². The van der Waals surface area contributed by atoms with Gasteiger partial charge < -0.3 is 14.5 Å². The highest BCUT2D eigenvalue weighted by Gasteiger charge is 2.35. The summed E-state index contributed by atoms with van der Waals surface area (Å²) in [6, 6.07) is 9.67. The molecule has 4 rings (SSSR count).